The monoisotopic (exact) mass is 374 g/mol. The number of allylic oxidation sites excluding steroid dienone is 1. The Bertz CT molecular complexity index is 474. The van der Waals surface area contributed by atoms with Crippen LogP contribution in [0.3, 0.4) is 0 Å². The van der Waals surface area contributed by atoms with E-state index in [2.05, 4.69) is 31.9 Å². The normalized spacial score (nSPS) is 18.8. The van der Waals surface area contributed by atoms with Gasteiger partial charge in [-0.2, -0.15) is 0 Å². The molecule has 0 aromatic heterocycles. The van der Waals surface area contributed by atoms with Crippen molar-refractivity contribution in [1.29, 1.82) is 0 Å². The fourth-order valence-electron chi connectivity index (χ4n) is 1.83. The lowest BCUT2D eigenvalue weighted by molar-refractivity contribution is -0.118. The minimum atomic E-state index is -0.0474. The van der Waals surface area contributed by atoms with Gasteiger partial charge in [-0.05, 0) is 62.4 Å². The highest BCUT2D eigenvalue weighted by molar-refractivity contribution is 9.11. The first-order valence-electron chi connectivity index (χ1n) is 5.58. The van der Waals surface area contributed by atoms with Gasteiger partial charge in [-0.25, -0.2) is 0 Å². The molecule has 0 radical (unpaired) electrons. The topological polar surface area (TPSA) is 46.5 Å². The first-order chi connectivity index (χ1) is 8.56. The molecule has 1 aliphatic heterocycles. The average molecular weight is 376 g/mol. The van der Waals surface area contributed by atoms with Crippen molar-refractivity contribution in [3.05, 3.63) is 39.0 Å². The highest BCUT2D eigenvalue weighted by Crippen LogP contribution is 2.33. The van der Waals surface area contributed by atoms with E-state index in [1.165, 1.54) is 12.3 Å². The van der Waals surface area contributed by atoms with E-state index >= 15 is 0 Å². The highest BCUT2D eigenvalue weighted by Gasteiger charge is 2.17. The zero-order valence-corrected chi connectivity index (χ0v) is 12.7. The van der Waals surface area contributed by atoms with Crippen molar-refractivity contribution in [3.63, 3.8) is 0 Å². The van der Waals surface area contributed by atoms with Crippen LogP contribution in [0.2, 0.25) is 0 Å². The van der Waals surface area contributed by atoms with Crippen molar-refractivity contribution in [1.82, 2.24) is 0 Å². The minimum Gasteiger partial charge on any atom is -0.506 e. The van der Waals surface area contributed by atoms with E-state index in [1.807, 2.05) is 12.1 Å². The number of benzene rings is 1. The van der Waals surface area contributed by atoms with Crippen LogP contribution >= 0.6 is 31.9 Å². The van der Waals surface area contributed by atoms with E-state index < -0.39 is 0 Å². The van der Waals surface area contributed by atoms with Crippen molar-refractivity contribution < 1.29 is 14.6 Å². The average Bonchev–Trinajstić information content (AvgIpc) is 2.33. The van der Waals surface area contributed by atoms with Crippen molar-refractivity contribution >= 4 is 37.6 Å². The maximum absolute atomic E-state index is 11.2. The number of hydrogen-bond donors (Lipinski definition) is 1. The molecule has 0 spiro atoms. The van der Waals surface area contributed by atoms with E-state index in [4.69, 9.17) is 4.74 Å². The number of aryl methyl sites for hydroxylation is 1. The summed E-state index contributed by atoms with van der Waals surface area (Å²) in [4.78, 5) is 11.2. The lowest BCUT2D eigenvalue weighted by atomic mass is 10.0. The molecular formula is C13H12Br2O3. The summed E-state index contributed by atoms with van der Waals surface area (Å²) in [6.45, 7) is 0. The molecule has 0 bridgehead atoms. The second-order valence-corrected chi connectivity index (χ2v) is 5.89. The summed E-state index contributed by atoms with van der Waals surface area (Å²) in [5.74, 6) is 0.310. The number of carbonyl (C=O) groups is 1. The molecule has 2 rings (SSSR count). The third-order valence-electron chi connectivity index (χ3n) is 2.79. The molecular weight excluding hydrogens is 364 g/mol. The zero-order valence-electron chi connectivity index (χ0n) is 9.53. The van der Waals surface area contributed by atoms with Crippen LogP contribution in [0.4, 0.5) is 0 Å². The van der Waals surface area contributed by atoms with Gasteiger partial charge in [-0.15, -0.1) is 0 Å². The van der Waals surface area contributed by atoms with Crippen LogP contribution in [0.25, 0.3) is 0 Å². The second kappa shape index (κ2) is 5.89. The molecule has 1 aromatic rings. The largest absolute Gasteiger partial charge is 0.506 e. The molecule has 0 aliphatic carbocycles. The molecule has 1 N–H and O–H groups in total. The van der Waals surface area contributed by atoms with Crippen molar-refractivity contribution in [3.8, 4) is 5.75 Å². The van der Waals surface area contributed by atoms with Gasteiger partial charge in [0.25, 0.3) is 0 Å². The number of hydrogen-bond acceptors (Lipinski definition) is 3. The second-order valence-electron chi connectivity index (χ2n) is 4.18. The summed E-state index contributed by atoms with van der Waals surface area (Å²) in [5, 5.41) is 9.61. The van der Waals surface area contributed by atoms with Gasteiger partial charge < -0.3 is 9.84 Å². The predicted molar refractivity (Wildman–Crippen MR) is 75.5 cm³/mol. The van der Waals surface area contributed by atoms with E-state index in [0.717, 1.165) is 18.4 Å². The van der Waals surface area contributed by atoms with Crippen LogP contribution in [0.5, 0.6) is 5.75 Å². The Kier molecular flexibility index (Phi) is 4.45. The van der Waals surface area contributed by atoms with Gasteiger partial charge in [0.15, 0.2) is 5.78 Å². The molecule has 0 fully saturated rings. The molecule has 5 heteroatoms. The smallest absolute Gasteiger partial charge is 0.162 e. The number of ketones is 1. The highest BCUT2D eigenvalue weighted by atomic mass is 79.9. The molecule has 0 saturated heterocycles. The summed E-state index contributed by atoms with van der Waals surface area (Å²) >= 11 is 6.59. The molecule has 1 aromatic carbocycles. The first-order valence-corrected chi connectivity index (χ1v) is 7.16. The van der Waals surface area contributed by atoms with Gasteiger partial charge in [0, 0.05) is 12.5 Å². The number of phenolic OH excluding ortho intramolecular Hbond substituents is 1. The molecule has 1 aliphatic rings. The number of phenols is 1. The fourth-order valence-corrected chi connectivity index (χ4v) is 3.11. The van der Waals surface area contributed by atoms with Crippen molar-refractivity contribution in [2.75, 3.05) is 0 Å². The molecule has 0 saturated carbocycles. The predicted octanol–water partition coefficient (Wildman–Crippen LogP) is 3.72. The van der Waals surface area contributed by atoms with Crippen LogP contribution in [-0.2, 0) is 16.0 Å². The Morgan fingerprint density at radius 2 is 2.00 bits per heavy atom. The molecule has 1 atom stereocenters. The maximum atomic E-state index is 11.2. The Hall–Kier alpha value is -0.810. The van der Waals surface area contributed by atoms with E-state index in [9.17, 15) is 9.90 Å². The Morgan fingerprint density at radius 3 is 2.61 bits per heavy atom. The van der Waals surface area contributed by atoms with E-state index in [-0.39, 0.29) is 17.6 Å². The molecule has 0 amide bonds. The third kappa shape index (κ3) is 3.36. The first kappa shape index (κ1) is 13.6. The van der Waals surface area contributed by atoms with Crippen LogP contribution in [0.1, 0.15) is 18.4 Å². The number of rotatable bonds is 3. The minimum absolute atomic E-state index is 0.0474. The summed E-state index contributed by atoms with van der Waals surface area (Å²) in [6, 6.07) is 3.75. The van der Waals surface area contributed by atoms with Gasteiger partial charge in [0.1, 0.15) is 11.9 Å². The van der Waals surface area contributed by atoms with Gasteiger partial charge in [0.2, 0.25) is 0 Å². The SMILES string of the molecule is O=C1C=CO[C@@H](CCc2cc(Br)c(O)c(Br)c2)C1. The summed E-state index contributed by atoms with van der Waals surface area (Å²) < 4.78 is 6.70. The van der Waals surface area contributed by atoms with Gasteiger partial charge in [0.05, 0.1) is 15.2 Å². The Balaban J connectivity index is 1.98. The molecule has 0 unspecified atom stereocenters. The summed E-state index contributed by atoms with van der Waals surface area (Å²) in [7, 11) is 0. The molecule has 18 heavy (non-hydrogen) atoms. The third-order valence-corrected chi connectivity index (χ3v) is 3.99. The van der Waals surface area contributed by atoms with E-state index in [0.29, 0.717) is 15.4 Å². The standard InChI is InChI=1S/C13H12Br2O3/c14-11-5-8(6-12(15)13(11)17)1-2-10-7-9(16)3-4-18-10/h3-6,10,17H,1-2,7H2/t10-/m0/s1. The van der Waals surface area contributed by atoms with Crippen molar-refractivity contribution in [2.24, 2.45) is 0 Å². The quantitative estimate of drug-likeness (QED) is 0.875. The van der Waals surface area contributed by atoms with Crippen LogP contribution in [0.15, 0.2) is 33.4 Å². The molecule has 3 nitrogen and oxygen atoms in total. The number of ether oxygens (including phenoxy) is 1. The fraction of sp³-hybridized carbons (Fsp3) is 0.308. The van der Waals surface area contributed by atoms with Crippen molar-refractivity contribution in [2.45, 2.75) is 25.4 Å². The lowest BCUT2D eigenvalue weighted by Gasteiger charge is -2.18. The van der Waals surface area contributed by atoms with Gasteiger partial charge in [-0.3, -0.25) is 4.79 Å². The number of aromatic hydroxyl groups is 1. The zero-order chi connectivity index (χ0) is 13.1. The van der Waals surface area contributed by atoms with Crippen LogP contribution in [-0.4, -0.2) is 17.0 Å². The lowest BCUT2D eigenvalue weighted by Crippen LogP contribution is -2.19. The van der Waals surface area contributed by atoms with Gasteiger partial charge >= 0.3 is 0 Å². The number of halogens is 2. The number of carbonyl (C=O) groups excluding carboxylic acids is 1. The van der Waals surface area contributed by atoms with Crippen LogP contribution in [0, 0.1) is 0 Å². The Morgan fingerprint density at radius 1 is 1.33 bits per heavy atom. The van der Waals surface area contributed by atoms with Gasteiger partial charge in [-0.1, -0.05) is 0 Å². The molecule has 1 heterocycles. The molecule has 96 valence electrons. The summed E-state index contributed by atoms with van der Waals surface area (Å²) in [5.41, 5.74) is 1.08. The van der Waals surface area contributed by atoms with E-state index in [1.54, 1.807) is 0 Å². The Labute approximate surface area is 122 Å². The van der Waals surface area contributed by atoms with Crippen LogP contribution < -0.4 is 0 Å². The summed E-state index contributed by atoms with van der Waals surface area (Å²) in [6.07, 6.45) is 4.90. The maximum Gasteiger partial charge on any atom is 0.162 e.